The predicted molar refractivity (Wildman–Crippen MR) is 277 cm³/mol. The van der Waals surface area contributed by atoms with Crippen LogP contribution in [0.4, 0.5) is 21.0 Å². The average Bonchev–Trinajstić information content (AvgIpc) is 4.26. The Morgan fingerprint density at radius 2 is 0.958 bits per heavy atom. The molecule has 4 aromatic heterocycles. The zero-order chi connectivity index (χ0) is 49.5. The van der Waals surface area contributed by atoms with Gasteiger partial charge < -0.3 is 35.9 Å². The van der Waals surface area contributed by atoms with E-state index in [1.807, 2.05) is 119 Å². The third-order valence-electron chi connectivity index (χ3n) is 11.2. The van der Waals surface area contributed by atoms with E-state index in [-0.39, 0.29) is 18.5 Å². The largest absolute Gasteiger partial charge is 0.594 e. The maximum Gasteiger partial charge on any atom is 0.407 e. The number of alkyl carbamates (subject to hydrolysis) is 2. The van der Waals surface area contributed by atoms with E-state index in [0.29, 0.717) is 34.8 Å². The highest BCUT2D eigenvalue weighted by atomic mass is 32.1. The first-order valence-corrected chi connectivity index (χ1v) is 25.9. The van der Waals surface area contributed by atoms with Crippen LogP contribution in [0.1, 0.15) is 45.7 Å². The van der Waals surface area contributed by atoms with Crippen molar-refractivity contribution in [2.45, 2.75) is 49.9 Å². The van der Waals surface area contributed by atoms with Crippen LogP contribution in [0, 0.1) is 5.21 Å². The number of rotatable bonds is 20. The second-order valence-corrected chi connectivity index (χ2v) is 19.7. The average molecular weight is 1030 g/mol. The number of thiazole rings is 2. The Balaban J connectivity index is 0.973. The minimum Gasteiger partial charge on any atom is -0.594 e. The van der Waals surface area contributed by atoms with Gasteiger partial charge in [-0.3, -0.25) is 9.59 Å². The fourth-order valence-electron chi connectivity index (χ4n) is 7.54. The maximum absolute atomic E-state index is 14.0. The van der Waals surface area contributed by atoms with Crippen LogP contribution in [-0.2, 0) is 44.7 Å². The van der Waals surface area contributed by atoms with Gasteiger partial charge in [-0.05, 0) is 70.1 Å². The van der Waals surface area contributed by atoms with Crippen molar-refractivity contribution in [3.8, 4) is 19.8 Å². The highest BCUT2D eigenvalue weighted by Crippen LogP contribution is 2.33. The van der Waals surface area contributed by atoms with E-state index >= 15 is 0 Å². The molecule has 8 rings (SSSR count). The lowest BCUT2D eigenvalue weighted by molar-refractivity contribution is -0.435. The van der Waals surface area contributed by atoms with E-state index in [1.54, 1.807) is 59.1 Å². The zero-order valence-corrected chi connectivity index (χ0v) is 41.7. The quantitative estimate of drug-likeness (QED) is 0.0326. The minimum atomic E-state index is -0.931. The Labute approximate surface area is 425 Å². The van der Waals surface area contributed by atoms with Crippen LogP contribution in [0.25, 0.3) is 19.8 Å². The molecule has 0 spiro atoms. The van der Waals surface area contributed by atoms with Gasteiger partial charge >= 0.3 is 12.2 Å². The number of ether oxygens (including phenoxy) is 2. The van der Waals surface area contributed by atoms with Crippen molar-refractivity contribution in [2.75, 3.05) is 14.2 Å². The van der Waals surface area contributed by atoms with Gasteiger partial charge in [0, 0.05) is 40.8 Å². The Bertz CT molecular complexity index is 3020. The van der Waals surface area contributed by atoms with Crippen molar-refractivity contribution in [1.29, 1.82) is 0 Å². The van der Waals surface area contributed by atoms with Crippen LogP contribution < -0.4 is 21.3 Å². The van der Waals surface area contributed by atoms with Gasteiger partial charge in [0.2, 0.25) is 17.5 Å². The summed E-state index contributed by atoms with van der Waals surface area (Å²) < 4.78 is 9.70. The van der Waals surface area contributed by atoms with Crippen LogP contribution in [-0.4, -0.2) is 65.1 Å². The lowest BCUT2D eigenvalue weighted by Crippen LogP contribution is -2.49. The summed E-state index contributed by atoms with van der Waals surface area (Å²) in [4.78, 5) is 65.1. The van der Waals surface area contributed by atoms with Crippen molar-refractivity contribution in [2.24, 2.45) is 5.11 Å². The van der Waals surface area contributed by atoms with Crippen molar-refractivity contribution in [3.63, 3.8) is 0 Å². The number of carbonyl (C=O) groups is 4. The van der Waals surface area contributed by atoms with Gasteiger partial charge in [0.1, 0.15) is 27.8 Å². The standard InChI is InChI=1S/C52H48N8O7S4/c1-66-51(63)57-41(29-33-11-5-3-6-12-33)47(61)53-39(43-31-70-49(55-43)45-15-9-25-68-45)27-35-17-21-37(22-18-35)59-60(65)38-23-19-36(20-24-38)28-40(44-32-71-50(56-44)46-16-10-26-69-46)54-48(62)42(58-52(64)67-2)30-34-13-7-4-8-14-34/h3-26,31-32,39-42H,27-30H2,1-2H3,(H,53,61)(H,54,62)(H,57,63)(H,58,64). The summed E-state index contributed by atoms with van der Waals surface area (Å²) in [7, 11) is 2.50. The molecule has 0 saturated carbocycles. The van der Waals surface area contributed by atoms with Crippen molar-refractivity contribution < 1.29 is 33.5 Å². The SMILES string of the molecule is COC(=O)NC(Cc1ccccc1)C(=O)NC(Cc1ccc(N=[N+]([O-])c2ccc(CC(NC(=O)C(Cc3ccccc3)NC(=O)OC)c3csc(-c4cccs4)n3)cc2)cc1)c1csc(-c2cccs2)n1. The molecule has 0 aliphatic rings. The van der Waals surface area contributed by atoms with Gasteiger partial charge in [0.05, 0.1) is 47.4 Å². The molecule has 71 heavy (non-hydrogen) atoms. The Morgan fingerprint density at radius 3 is 1.37 bits per heavy atom. The van der Waals surface area contributed by atoms with Gasteiger partial charge in [0.15, 0.2) is 0 Å². The maximum atomic E-state index is 14.0. The number of aromatic nitrogens is 2. The molecular formula is C52H48N8O7S4. The molecule has 4 N–H and O–H groups in total. The molecule has 0 bridgehead atoms. The molecule has 15 nitrogen and oxygen atoms in total. The fourth-order valence-corrected chi connectivity index (χ4v) is 10.9. The van der Waals surface area contributed by atoms with E-state index in [9.17, 15) is 24.4 Å². The third kappa shape index (κ3) is 13.8. The van der Waals surface area contributed by atoms with Gasteiger partial charge in [-0.25, -0.2) is 19.6 Å². The summed E-state index contributed by atoms with van der Waals surface area (Å²) in [6, 6.07) is 37.8. The molecule has 0 aliphatic carbocycles. The van der Waals surface area contributed by atoms with Gasteiger partial charge in [-0.2, -0.15) is 0 Å². The molecular weight excluding hydrogens is 977 g/mol. The number of nitrogens with zero attached hydrogens (tertiary/aromatic N) is 4. The molecule has 4 atom stereocenters. The van der Waals surface area contributed by atoms with Crippen LogP contribution in [0.2, 0.25) is 0 Å². The Morgan fingerprint density at radius 1 is 0.535 bits per heavy atom. The summed E-state index contributed by atoms with van der Waals surface area (Å²) in [5, 5.41) is 38.9. The third-order valence-corrected chi connectivity index (χ3v) is 15.0. The zero-order valence-electron chi connectivity index (χ0n) is 38.4. The molecule has 4 unspecified atom stereocenters. The minimum absolute atomic E-state index is 0.238. The van der Waals surface area contributed by atoms with Gasteiger partial charge in [0.25, 0.3) is 0 Å². The molecule has 362 valence electrons. The van der Waals surface area contributed by atoms with Crippen LogP contribution in [0.5, 0.6) is 0 Å². The topological polar surface area (TPSA) is 199 Å². The summed E-state index contributed by atoms with van der Waals surface area (Å²) >= 11 is 6.11. The number of carbonyl (C=O) groups excluding carboxylic acids is 4. The molecule has 19 heteroatoms. The van der Waals surface area contributed by atoms with Crippen LogP contribution in [0.3, 0.4) is 0 Å². The number of benzene rings is 4. The number of hydrogen-bond donors (Lipinski definition) is 4. The Hall–Kier alpha value is -7.58. The molecule has 0 radical (unpaired) electrons. The van der Waals surface area contributed by atoms with Crippen molar-refractivity contribution in [1.82, 2.24) is 31.2 Å². The summed E-state index contributed by atoms with van der Waals surface area (Å²) in [6.45, 7) is 0. The van der Waals surface area contributed by atoms with E-state index in [2.05, 4.69) is 26.4 Å². The highest BCUT2D eigenvalue weighted by Gasteiger charge is 2.29. The first-order chi connectivity index (χ1) is 34.6. The molecule has 0 saturated heterocycles. The molecule has 0 aliphatic heterocycles. The number of methoxy groups -OCH3 is 2. The lowest BCUT2D eigenvalue weighted by Gasteiger charge is -2.23. The molecule has 4 aromatic carbocycles. The molecule has 0 fully saturated rings. The summed E-state index contributed by atoms with van der Waals surface area (Å²) in [5.74, 6) is -0.809. The summed E-state index contributed by atoms with van der Waals surface area (Å²) in [5.41, 5.74) is 5.40. The van der Waals surface area contributed by atoms with Crippen molar-refractivity contribution in [3.05, 3.63) is 194 Å². The van der Waals surface area contributed by atoms with E-state index in [4.69, 9.17) is 19.4 Å². The normalized spacial score (nSPS) is 13.0. The first-order valence-electron chi connectivity index (χ1n) is 22.3. The monoisotopic (exact) mass is 1020 g/mol. The number of hydrogen-bond acceptors (Lipinski definition) is 14. The highest BCUT2D eigenvalue weighted by molar-refractivity contribution is 7.20. The number of azo groups is 1. The fraction of sp³-hybridized carbons (Fsp3) is 0.192. The van der Waals surface area contributed by atoms with Gasteiger partial charge in [-0.1, -0.05) is 102 Å². The second-order valence-electron chi connectivity index (χ2n) is 16.1. The van der Waals surface area contributed by atoms with E-state index in [0.717, 1.165) is 42.0 Å². The molecule has 8 aromatic rings. The molecule has 4 amide bonds. The van der Waals surface area contributed by atoms with Crippen LogP contribution >= 0.6 is 45.3 Å². The van der Waals surface area contributed by atoms with E-state index < -0.39 is 48.2 Å². The smallest absolute Gasteiger partial charge is 0.407 e. The van der Waals surface area contributed by atoms with Gasteiger partial charge in [-0.15, -0.1) is 45.3 Å². The van der Waals surface area contributed by atoms with Crippen molar-refractivity contribution >= 4 is 80.7 Å². The lowest BCUT2D eigenvalue weighted by atomic mass is 10.0. The van der Waals surface area contributed by atoms with E-state index in [1.165, 1.54) is 36.9 Å². The number of thiophene rings is 2. The number of nitrogens with one attached hydrogen (secondary N) is 4. The number of amides is 4. The summed E-state index contributed by atoms with van der Waals surface area (Å²) in [6.07, 6.45) is -0.281. The van der Waals surface area contributed by atoms with Crippen LogP contribution in [0.15, 0.2) is 160 Å². The first kappa shape index (κ1) is 49.8. The molecule has 4 heterocycles. The second kappa shape index (κ2) is 24.3. The Kier molecular flexibility index (Phi) is 17.1. The predicted octanol–water partition coefficient (Wildman–Crippen LogP) is 10.7.